The zero-order valence-electron chi connectivity index (χ0n) is 17.2. The summed E-state index contributed by atoms with van der Waals surface area (Å²) in [5, 5.41) is 3.50. The lowest BCUT2D eigenvalue weighted by molar-refractivity contribution is 0.477. The van der Waals surface area contributed by atoms with E-state index in [1.807, 2.05) is 30.3 Å². The average Bonchev–Trinajstić information content (AvgIpc) is 3.36. The van der Waals surface area contributed by atoms with E-state index in [-0.39, 0.29) is 10.5 Å². The molecule has 1 aliphatic rings. The molecule has 2 aromatic carbocycles. The number of nitrogens with zero attached hydrogens (tertiary/aromatic N) is 3. The Morgan fingerprint density at radius 1 is 0.969 bits per heavy atom. The standard InChI is InChI=1S/C23H21N5O3S/c29-23-21-20(24-15-25-23)14-19(16-6-2-1-3-7-16)27-22(21)26-17-8-10-18(11-9-17)32(30,31)28-12-4-5-13-28/h1-3,6-11,14-15H,4-5,12-13H2,(H,26,27)(H,24,25,29). The van der Waals surface area contributed by atoms with Crippen LogP contribution >= 0.6 is 0 Å². The van der Waals surface area contributed by atoms with Crippen molar-refractivity contribution in [2.45, 2.75) is 17.7 Å². The van der Waals surface area contributed by atoms with Crippen LogP contribution in [0.5, 0.6) is 0 Å². The predicted octanol–water partition coefficient (Wildman–Crippen LogP) is 3.51. The lowest BCUT2D eigenvalue weighted by Crippen LogP contribution is -2.27. The SMILES string of the molecule is O=c1[nH]cnc2cc(-c3ccccc3)nc(Nc3ccc(S(=O)(=O)N4CCCC4)cc3)c12. The second-order valence-electron chi connectivity index (χ2n) is 7.61. The van der Waals surface area contributed by atoms with Crippen LogP contribution in [-0.4, -0.2) is 40.8 Å². The molecule has 4 aromatic rings. The Morgan fingerprint density at radius 2 is 1.69 bits per heavy atom. The van der Waals surface area contributed by atoms with E-state index in [4.69, 9.17) is 0 Å². The van der Waals surface area contributed by atoms with Gasteiger partial charge < -0.3 is 10.3 Å². The molecule has 32 heavy (non-hydrogen) atoms. The Hall–Kier alpha value is -3.56. The zero-order valence-corrected chi connectivity index (χ0v) is 18.0. The summed E-state index contributed by atoms with van der Waals surface area (Å²) in [4.78, 5) is 24.3. The number of aromatic nitrogens is 3. The molecule has 0 radical (unpaired) electrons. The zero-order chi connectivity index (χ0) is 22.1. The van der Waals surface area contributed by atoms with Crippen LogP contribution in [0.15, 0.2) is 76.7 Å². The second kappa shape index (κ2) is 8.18. The molecule has 1 saturated heterocycles. The maximum Gasteiger partial charge on any atom is 0.262 e. The molecular weight excluding hydrogens is 426 g/mol. The number of benzene rings is 2. The van der Waals surface area contributed by atoms with E-state index in [0.717, 1.165) is 18.4 Å². The summed E-state index contributed by atoms with van der Waals surface area (Å²) in [6.07, 6.45) is 3.14. The van der Waals surface area contributed by atoms with Gasteiger partial charge >= 0.3 is 0 Å². The molecule has 1 fully saturated rings. The molecule has 2 aromatic heterocycles. The summed E-state index contributed by atoms with van der Waals surface area (Å²) in [5.74, 6) is 0.353. The van der Waals surface area contributed by atoms with Gasteiger partial charge in [-0.25, -0.2) is 18.4 Å². The van der Waals surface area contributed by atoms with Crippen LogP contribution in [0.2, 0.25) is 0 Å². The number of sulfonamides is 1. The molecule has 1 aliphatic heterocycles. The van der Waals surface area contributed by atoms with Crippen LogP contribution in [0.3, 0.4) is 0 Å². The van der Waals surface area contributed by atoms with Crippen molar-refractivity contribution in [1.29, 1.82) is 0 Å². The van der Waals surface area contributed by atoms with E-state index in [9.17, 15) is 13.2 Å². The molecule has 0 spiro atoms. The first-order valence-electron chi connectivity index (χ1n) is 10.3. The van der Waals surface area contributed by atoms with E-state index in [0.29, 0.717) is 41.2 Å². The van der Waals surface area contributed by atoms with Crippen LogP contribution < -0.4 is 10.9 Å². The number of anilines is 2. The molecule has 9 heteroatoms. The van der Waals surface area contributed by atoms with Gasteiger partial charge in [0.1, 0.15) is 11.2 Å². The van der Waals surface area contributed by atoms with Crippen LogP contribution in [0.25, 0.3) is 22.2 Å². The number of nitrogens with one attached hydrogen (secondary N) is 2. The van der Waals surface area contributed by atoms with Gasteiger partial charge in [0.05, 0.1) is 22.4 Å². The quantitative estimate of drug-likeness (QED) is 0.485. The van der Waals surface area contributed by atoms with E-state index < -0.39 is 10.0 Å². The van der Waals surface area contributed by atoms with Gasteiger partial charge in [0.15, 0.2) is 0 Å². The Morgan fingerprint density at radius 3 is 2.41 bits per heavy atom. The molecule has 0 aliphatic carbocycles. The van der Waals surface area contributed by atoms with Crippen LogP contribution in [0.4, 0.5) is 11.5 Å². The molecule has 2 N–H and O–H groups in total. The summed E-state index contributed by atoms with van der Waals surface area (Å²) >= 11 is 0. The van der Waals surface area contributed by atoms with Crippen LogP contribution in [0, 0.1) is 0 Å². The molecule has 162 valence electrons. The molecule has 5 rings (SSSR count). The third-order valence-electron chi connectivity index (χ3n) is 5.51. The van der Waals surface area contributed by atoms with Gasteiger partial charge in [-0.2, -0.15) is 4.31 Å². The third kappa shape index (κ3) is 3.76. The first-order chi connectivity index (χ1) is 15.5. The lowest BCUT2D eigenvalue weighted by atomic mass is 10.1. The van der Waals surface area contributed by atoms with E-state index in [2.05, 4.69) is 20.3 Å². The topological polar surface area (TPSA) is 108 Å². The number of hydrogen-bond donors (Lipinski definition) is 2. The van der Waals surface area contributed by atoms with Crippen molar-refractivity contribution in [1.82, 2.24) is 19.3 Å². The van der Waals surface area contributed by atoms with Crippen molar-refractivity contribution in [2.24, 2.45) is 0 Å². The van der Waals surface area contributed by atoms with Crippen molar-refractivity contribution in [2.75, 3.05) is 18.4 Å². The van der Waals surface area contributed by atoms with Gasteiger partial charge in [0, 0.05) is 24.3 Å². The highest BCUT2D eigenvalue weighted by molar-refractivity contribution is 7.89. The molecule has 8 nitrogen and oxygen atoms in total. The number of pyridine rings is 1. The third-order valence-corrected chi connectivity index (χ3v) is 7.43. The normalized spacial score (nSPS) is 14.6. The van der Waals surface area contributed by atoms with Gasteiger partial charge in [-0.1, -0.05) is 30.3 Å². The minimum absolute atomic E-state index is 0.250. The number of rotatable bonds is 5. The van der Waals surface area contributed by atoms with Crippen molar-refractivity contribution in [3.8, 4) is 11.3 Å². The average molecular weight is 448 g/mol. The van der Waals surface area contributed by atoms with Gasteiger partial charge in [-0.3, -0.25) is 4.79 Å². The first kappa shape index (κ1) is 20.3. The minimum atomic E-state index is -3.49. The Balaban J connectivity index is 1.53. The van der Waals surface area contributed by atoms with E-state index in [1.165, 1.54) is 10.6 Å². The van der Waals surface area contributed by atoms with Crippen molar-refractivity contribution in [3.05, 3.63) is 77.3 Å². The summed E-state index contributed by atoms with van der Waals surface area (Å²) < 4.78 is 27.0. The number of fused-ring (bicyclic) bond motifs is 1. The van der Waals surface area contributed by atoms with Crippen LogP contribution in [-0.2, 0) is 10.0 Å². The smallest absolute Gasteiger partial charge is 0.262 e. The second-order valence-corrected chi connectivity index (χ2v) is 9.55. The highest BCUT2D eigenvalue weighted by Gasteiger charge is 2.27. The highest BCUT2D eigenvalue weighted by atomic mass is 32.2. The number of hydrogen-bond acceptors (Lipinski definition) is 6. The number of aromatic amines is 1. The molecule has 0 bridgehead atoms. The van der Waals surface area contributed by atoms with E-state index in [1.54, 1.807) is 30.3 Å². The van der Waals surface area contributed by atoms with E-state index >= 15 is 0 Å². The summed E-state index contributed by atoms with van der Waals surface area (Å²) in [5.41, 5.74) is 2.39. The summed E-state index contributed by atoms with van der Waals surface area (Å²) in [6, 6.07) is 17.9. The first-order valence-corrected chi connectivity index (χ1v) is 11.8. The van der Waals surface area contributed by atoms with Gasteiger partial charge in [0.2, 0.25) is 10.0 Å². The summed E-state index contributed by atoms with van der Waals surface area (Å²) in [6.45, 7) is 1.11. The lowest BCUT2D eigenvalue weighted by Gasteiger charge is -2.16. The molecule has 3 heterocycles. The Kier molecular flexibility index (Phi) is 5.20. The fraction of sp³-hybridized carbons (Fsp3) is 0.174. The van der Waals surface area contributed by atoms with Gasteiger partial charge in [0.25, 0.3) is 5.56 Å². The maximum absolute atomic E-state index is 12.8. The Bertz CT molecular complexity index is 1430. The molecular formula is C23H21N5O3S. The van der Waals surface area contributed by atoms with Gasteiger partial charge in [-0.05, 0) is 43.2 Å². The fourth-order valence-corrected chi connectivity index (χ4v) is 5.38. The monoisotopic (exact) mass is 447 g/mol. The fourth-order valence-electron chi connectivity index (χ4n) is 3.86. The highest BCUT2D eigenvalue weighted by Crippen LogP contribution is 2.28. The minimum Gasteiger partial charge on any atom is -0.339 e. The van der Waals surface area contributed by atoms with Gasteiger partial charge in [-0.15, -0.1) is 0 Å². The summed E-state index contributed by atoms with van der Waals surface area (Å²) in [7, 11) is -3.49. The maximum atomic E-state index is 12.8. The molecule has 0 unspecified atom stereocenters. The predicted molar refractivity (Wildman–Crippen MR) is 123 cm³/mol. The van der Waals surface area contributed by atoms with Crippen molar-refractivity contribution in [3.63, 3.8) is 0 Å². The van der Waals surface area contributed by atoms with Crippen molar-refractivity contribution >= 4 is 32.4 Å². The Labute approximate surface area is 185 Å². The van der Waals surface area contributed by atoms with Crippen molar-refractivity contribution < 1.29 is 8.42 Å². The molecule has 0 saturated carbocycles. The molecule has 0 atom stereocenters. The number of H-pyrrole nitrogens is 1. The van der Waals surface area contributed by atoms with Crippen LogP contribution in [0.1, 0.15) is 12.8 Å². The largest absolute Gasteiger partial charge is 0.339 e. The molecule has 0 amide bonds.